The number of allylic oxidation sites excluding steroid dienone is 2. The van der Waals surface area contributed by atoms with Crippen LogP contribution in [0.4, 0.5) is 0 Å². The molecule has 0 aromatic rings. The average Bonchev–Trinajstić information content (AvgIpc) is 3.11. The van der Waals surface area contributed by atoms with Crippen LogP contribution in [0.15, 0.2) is 24.3 Å². The molecule has 0 aliphatic rings. The number of aliphatic carboxylic acids is 1. The summed E-state index contributed by atoms with van der Waals surface area (Å²) in [6.45, 7) is 1.88. The first-order valence-corrected chi connectivity index (χ1v) is 19.1. The molecule has 20 nitrogen and oxygen atoms in total. The maximum atomic E-state index is 12.5. The van der Waals surface area contributed by atoms with E-state index in [9.17, 15) is 52.6 Å². The van der Waals surface area contributed by atoms with Crippen molar-refractivity contribution in [2.24, 2.45) is 0 Å². The highest BCUT2D eigenvalue weighted by Crippen LogP contribution is 2.43. The number of ether oxygens (including phenoxy) is 2. The molecular formula is C34H53N4O16P. The first kappa shape index (κ1) is 50.2. The van der Waals surface area contributed by atoms with E-state index < -0.39 is 120 Å². The van der Waals surface area contributed by atoms with E-state index in [0.29, 0.717) is 19.4 Å². The predicted molar refractivity (Wildman–Crippen MR) is 193 cm³/mol. The van der Waals surface area contributed by atoms with E-state index in [0.717, 1.165) is 4.90 Å². The Balaban J connectivity index is 4.68. The smallest absolute Gasteiger partial charge is 0.472 e. The third-order valence-electron chi connectivity index (χ3n) is 6.68. The van der Waals surface area contributed by atoms with Crippen LogP contribution in [-0.2, 0) is 66.2 Å². The Labute approximate surface area is 319 Å². The fourth-order valence-corrected chi connectivity index (χ4v) is 4.79. The van der Waals surface area contributed by atoms with Crippen LogP contribution in [0, 0.1) is 0 Å². The molecule has 2 atom stereocenters. The van der Waals surface area contributed by atoms with Crippen LogP contribution in [0.5, 0.6) is 0 Å². The van der Waals surface area contributed by atoms with E-state index in [1.807, 2.05) is 13.8 Å². The summed E-state index contributed by atoms with van der Waals surface area (Å²) in [5, 5.41) is 16.1. The molecule has 0 aliphatic heterocycles. The van der Waals surface area contributed by atoms with Gasteiger partial charge in [0.1, 0.15) is 19.6 Å². The van der Waals surface area contributed by atoms with E-state index in [4.69, 9.17) is 23.6 Å². The van der Waals surface area contributed by atoms with Gasteiger partial charge in [-0.3, -0.25) is 52.2 Å². The zero-order valence-corrected chi connectivity index (χ0v) is 32.3. The predicted octanol–water partition coefficient (Wildman–Crippen LogP) is 0.658. The summed E-state index contributed by atoms with van der Waals surface area (Å²) in [4.78, 5) is 119. The lowest BCUT2D eigenvalue weighted by molar-refractivity contribution is -0.160. The molecule has 0 fully saturated rings. The first-order valence-electron chi connectivity index (χ1n) is 17.6. The number of hydrogen-bond donors (Lipinski definition) is 5. The lowest BCUT2D eigenvalue weighted by Crippen LogP contribution is -2.40. The van der Waals surface area contributed by atoms with Crippen molar-refractivity contribution in [3.63, 3.8) is 0 Å². The number of rotatable bonds is 31. The highest BCUT2D eigenvalue weighted by Gasteiger charge is 2.26. The van der Waals surface area contributed by atoms with Gasteiger partial charge in [-0.2, -0.15) is 0 Å². The standard InChI is InChI=1S/C34H53N4O16P/c1-4-7-9-11-33(47)51-23-27(54-34(48)12-10-8-5-2)24-53-55(49,50)52-18-17-36-29(42)19-30(43)37-20-25(39)14-16-31(44)38(22-32(45)46)21-26(40)13-15-28(41)35-6-3/h7-10,27H,4-6,11-24H2,1-3H3,(H,35,41)(H,36,42)(H,37,43)(H,45,46)(H,49,50)/b9-7-,10-8-. The molecule has 5 N–H and O–H groups in total. The van der Waals surface area contributed by atoms with Crippen molar-refractivity contribution in [2.75, 3.05) is 52.5 Å². The van der Waals surface area contributed by atoms with Crippen LogP contribution >= 0.6 is 7.82 Å². The van der Waals surface area contributed by atoms with E-state index in [2.05, 4.69) is 16.0 Å². The molecule has 0 aliphatic carbocycles. The number of nitrogens with zero attached hydrogens (tertiary/aromatic N) is 1. The van der Waals surface area contributed by atoms with Crippen LogP contribution in [0.3, 0.4) is 0 Å². The van der Waals surface area contributed by atoms with Crippen LogP contribution < -0.4 is 16.0 Å². The summed E-state index contributed by atoms with van der Waals surface area (Å²) in [6, 6.07) is 0. The molecule has 2 unspecified atom stereocenters. The summed E-state index contributed by atoms with van der Waals surface area (Å²) < 4.78 is 32.3. The van der Waals surface area contributed by atoms with Crippen LogP contribution in [0.25, 0.3) is 0 Å². The number of esters is 2. The number of carboxylic acids is 1. The van der Waals surface area contributed by atoms with Crippen molar-refractivity contribution in [1.29, 1.82) is 0 Å². The van der Waals surface area contributed by atoms with Gasteiger partial charge in [-0.15, -0.1) is 0 Å². The SMILES string of the molecule is CC/C=C\CC(=O)OCC(COP(=O)(O)OCCNC(=O)CC(=O)NCC(=O)CCC(=O)N(CC(=O)O)CC(=O)CCC(=O)NCC)OC(=O)C/C=C\CC. The maximum absolute atomic E-state index is 12.5. The van der Waals surface area contributed by atoms with Crippen LogP contribution in [-0.4, -0.2) is 127 Å². The third-order valence-corrected chi connectivity index (χ3v) is 7.66. The van der Waals surface area contributed by atoms with Gasteiger partial charge in [-0.25, -0.2) is 4.57 Å². The van der Waals surface area contributed by atoms with Crippen molar-refractivity contribution in [1.82, 2.24) is 20.9 Å². The van der Waals surface area contributed by atoms with Crippen molar-refractivity contribution in [3.8, 4) is 0 Å². The zero-order chi connectivity index (χ0) is 41.6. The summed E-state index contributed by atoms with van der Waals surface area (Å²) in [5.74, 6) is -6.76. The number of ketones is 2. The lowest BCUT2D eigenvalue weighted by atomic mass is 10.1. The highest BCUT2D eigenvalue weighted by atomic mass is 31.2. The molecule has 0 rings (SSSR count). The fraction of sp³-hybridized carbons (Fsp3) is 0.618. The van der Waals surface area contributed by atoms with E-state index in [-0.39, 0.29) is 38.1 Å². The van der Waals surface area contributed by atoms with Gasteiger partial charge in [0, 0.05) is 38.8 Å². The molecular weight excluding hydrogens is 751 g/mol. The van der Waals surface area contributed by atoms with Gasteiger partial charge in [0.25, 0.3) is 0 Å². The van der Waals surface area contributed by atoms with Gasteiger partial charge >= 0.3 is 25.7 Å². The molecule has 0 radical (unpaired) electrons. The lowest BCUT2D eigenvalue weighted by Gasteiger charge is -2.20. The molecule has 4 amide bonds. The van der Waals surface area contributed by atoms with Gasteiger partial charge in [0.15, 0.2) is 17.7 Å². The number of amides is 4. The Bertz CT molecular complexity index is 1420. The Morgan fingerprint density at radius 1 is 0.709 bits per heavy atom. The number of nitrogens with one attached hydrogen (secondary N) is 3. The fourth-order valence-electron chi connectivity index (χ4n) is 4.04. The summed E-state index contributed by atoms with van der Waals surface area (Å²) in [6.07, 6.45) is 4.74. The Hall–Kier alpha value is -4.78. The minimum Gasteiger partial charge on any atom is -0.480 e. The molecule has 21 heteroatoms. The Morgan fingerprint density at radius 3 is 1.95 bits per heavy atom. The number of phosphoric acid groups is 1. The van der Waals surface area contributed by atoms with Gasteiger partial charge in [0.2, 0.25) is 23.6 Å². The van der Waals surface area contributed by atoms with Crippen molar-refractivity contribution in [2.45, 2.75) is 84.7 Å². The number of carboxylic acid groups (broad SMARTS) is 1. The quantitative estimate of drug-likeness (QED) is 0.0211. The van der Waals surface area contributed by atoms with Crippen LogP contribution in [0.2, 0.25) is 0 Å². The van der Waals surface area contributed by atoms with Crippen molar-refractivity contribution < 1.29 is 76.2 Å². The van der Waals surface area contributed by atoms with E-state index >= 15 is 0 Å². The second kappa shape index (κ2) is 29.6. The second-order valence-electron chi connectivity index (χ2n) is 11.5. The number of Topliss-reactive ketones (excluding diaryl/α,β-unsaturated/α-hetero) is 2. The topological polar surface area (TPSA) is 287 Å². The van der Waals surface area contributed by atoms with Gasteiger partial charge in [0.05, 0.1) is 39.1 Å². The summed E-state index contributed by atoms with van der Waals surface area (Å²) >= 11 is 0. The number of phosphoric ester groups is 1. The molecule has 0 saturated heterocycles. The largest absolute Gasteiger partial charge is 0.480 e. The molecule has 0 aromatic heterocycles. The van der Waals surface area contributed by atoms with E-state index in [1.165, 1.54) is 0 Å². The van der Waals surface area contributed by atoms with Gasteiger partial charge in [-0.05, 0) is 19.8 Å². The van der Waals surface area contributed by atoms with Crippen molar-refractivity contribution in [3.05, 3.63) is 24.3 Å². The third kappa shape index (κ3) is 28.3. The molecule has 310 valence electrons. The zero-order valence-electron chi connectivity index (χ0n) is 31.4. The van der Waals surface area contributed by atoms with Crippen LogP contribution in [0.1, 0.15) is 78.6 Å². The molecule has 0 heterocycles. The second-order valence-corrected chi connectivity index (χ2v) is 13.0. The number of carbonyl (C=O) groups is 9. The monoisotopic (exact) mass is 804 g/mol. The van der Waals surface area contributed by atoms with Gasteiger partial charge < -0.3 is 40.3 Å². The molecule has 0 bridgehead atoms. The average molecular weight is 805 g/mol. The Morgan fingerprint density at radius 2 is 1.33 bits per heavy atom. The molecule has 0 saturated carbocycles. The minimum atomic E-state index is -4.75. The van der Waals surface area contributed by atoms with E-state index in [1.54, 1.807) is 31.2 Å². The number of hydrogen-bond acceptors (Lipinski definition) is 14. The number of carbonyl (C=O) groups excluding carboxylic acids is 8. The summed E-state index contributed by atoms with van der Waals surface area (Å²) in [7, 11) is -4.75. The minimum absolute atomic E-state index is 0.0316. The van der Waals surface area contributed by atoms with Crippen molar-refractivity contribution >= 4 is 60.9 Å². The first-order chi connectivity index (χ1) is 26.0. The highest BCUT2D eigenvalue weighted by molar-refractivity contribution is 7.47. The molecule has 0 spiro atoms. The van der Waals surface area contributed by atoms with Gasteiger partial charge in [-0.1, -0.05) is 38.2 Å². The molecule has 0 aromatic carbocycles. The summed E-state index contributed by atoms with van der Waals surface area (Å²) in [5.41, 5.74) is 0. The molecule has 55 heavy (non-hydrogen) atoms. The normalized spacial score (nSPS) is 12.7. The Kier molecular flexibility index (Phi) is 27.0. The maximum Gasteiger partial charge on any atom is 0.472 e.